The number of halogens is 1. The highest BCUT2D eigenvalue weighted by atomic mass is 35.5. The summed E-state index contributed by atoms with van der Waals surface area (Å²) in [5.74, 6) is -0.120. The molecule has 2 rings (SSSR count). The molecule has 98 valence electrons. The number of thiophene rings is 1. The van der Waals surface area contributed by atoms with Gasteiger partial charge in [0.25, 0.3) is 0 Å². The maximum Gasteiger partial charge on any atom is 0.246 e. The number of carbonyl (C=O) groups excluding carboxylic acids is 2. The van der Waals surface area contributed by atoms with E-state index in [4.69, 9.17) is 11.6 Å². The van der Waals surface area contributed by atoms with E-state index < -0.39 is 6.04 Å². The summed E-state index contributed by atoms with van der Waals surface area (Å²) in [7, 11) is 0. The summed E-state index contributed by atoms with van der Waals surface area (Å²) in [4.78, 5) is 26.4. The number of amides is 2. The Labute approximate surface area is 115 Å². The normalized spacial score (nSPS) is 21.9. The fourth-order valence-electron chi connectivity index (χ4n) is 2.05. The summed E-state index contributed by atoms with van der Waals surface area (Å²) in [5, 5.41) is 2.70. The number of hydrogen-bond acceptors (Lipinski definition) is 3. The third-order valence-corrected chi connectivity index (χ3v) is 4.51. The van der Waals surface area contributed by atoms with Gasteiger partial charge in [-0.05, 0) is 25.5 Å². The van der Waals surface area contributed by atoms with Crippen LogP contribution in [0.4, 0.5) is 0 Å². The number of rotatable bonds is 3. The van der Waals surface area contributed by atoms with E-state index in [1.807, 2.05) is 26.0 Å². The monoisotopic (exact) mass is 286 g/mol. The average Bonchev–Trinajstić information content (AvgIpc) is 2.77. The fraction of sp³-hybridized carbons (Fsp3) is 0.500. The van der Waals surface area contributed by atoms with Crippen LogP contribution in [-0.4, -0.2) is 29.3 Å². The van der Waals surface area contributed by atoms with Crippen molar-refractivity contribution in [3.05, 3.63) is 21.3 Å². The minimum absolute atomic E-state index is 0.0193. The molecule has 18 heavy (non-hydrogen) atoms. The first-order valence-electron chi connectivity index (χ1n) is 5.88. The Morgan fingerprint density at radius 1 is 1.56 bits per heavy atom. The smallest absolute Gasteiger partial charge is 0.246 e. The van der Waals surface area contributed by atoms with Gasteiger partial charge in [0.05, 0.1) is 10.4 Å². The van der Waals surface area contributed by atoms with E-state index in [9.17, 15) is 9.59 Å². The molecule has 1 aromatic heterocycles. The molecule has 1 N–H and O–H groups in total. The molecule has 0 spiro atoms. The van der Waals surface area contributed by atoms with Crippen molar-refractivity contribution in [2.45, 2.75) is 32.4 Å². The van der Waals surface area contributed by atoms with E-state index in [-0.39, 0.29) is 24.4 Å². The van der Waals surface area contributed by atoms with Crippen molar-refractivity contribution in [1.82, 2.24) is 10.2 Å². The van der Waals surface area contributed by atoms with Crippen LogP contribution in [0.25, 0.3) is 0 Å². The van der Waals surface area contributed by atoms with Gasteiger partial charge in [0.2, 0.25) is 11.8 Å². The van der Waals surface area contributed by atoms with E-state index >= 15 is 0 Å². The zero-order valence-corrected chi connectivity index (χ0v) is 11.8. The summed E-state index contributed by atoms with van der Waals surface area (Å²) in [6.07, 6.45) is 0.610. The molecule has 0 aliphatic carbocycles. The van der Waals surface area contributed by atoms with Crippen LogP contribution in [-0.2, 0) is 9.59 Å². The van der Waals surface area contributed by atoms with Crippen molar-refractivity contribution < 1.29 is 9.59 Å². The molecule has 2 amide bonds. The van der Waals surface area contributed by atoms with E-state index in [1.54, 1.807) is 4.90 Å². The topological polar surface area (TPSA) is 49.4 Å². The van der Waals surface area contributed by atoms with Gasteiger partial charge in [0.15, 0.2) is 0 Å². The quantitative estimate of drug-likeness (QED) is 0.926. The lowest BCUT2D eigenvalue weighted by Gasteiger charge is -2.35. The number of hydrogen-bond donors (Lipinski definition) is 1. The van der Waals surface area contributed by atoms with Gasteiger partial charge in [0.1, 0.15) is 12.6 Å². The molecule has 0 radical (unpaired) electrons. The Kier molecular flexibility index (Phi) is 3.92. The standard InChI is InChI=1S/C12H15ClN2O2S/c1-3-8-12(17)15(6-11(16)14-8)7(2)9-4-5-10(13)18-9/h4-5,7-8H,3,6H2,1-2H3,(H,14,16). The van der Waals surface area contributed by atoms with Gasteiger partial charge < -0.3 is 10.2 Å². The van der Waals surface area contributed by atoms with Crippen LogP contribution in [0.2, 0.25) is 4.34 Å². The highest BCUT2D eigenvalue weighted by Gasteiger charge is 2.34. The summed E-state index contributed by atoms with van der Waals surface area (Å²) in [6, 6.07) is 3.20. The molecule has 0 saturated carbocycles. The van der Waals surface area contributed by atoms with Gasteiger partial charge in [-0.2, -0.15) is 0 Å². The highest BCUT2D eigenvalue weighted by Crippen LogP contribution is 2.31. The second kappa shape index (κ2) is 5.28. The van der Waals surface area contributed by atoms with Gasteiger partial charge in [-0.3, -0.25) is 9.59 Å². The van der Waals surface area contributed by atoms with Gasteiger partial charge >= 0.3 is 0 Å². The van der Waals surface area contributed by atoms with Crippen molar-refractivity contribution in [2.24, 2.45) is 0 Å². The molecule has 1 aliphatic heterocycles. The maximum atomic E-state index is 12.2. The third-order valence-electron chi connectivity index (χ3n) is 3.11. The van der Waals surface area contributed by atoms with Crippen molar-refractivity contribution in [2.75, 3.05) is 6.54 Å². The van der Waals surface area contributed by atoms with Gasteiger partial charge in [-0.25, -0.2) is 0 Å². The molecule has 1 aliphatic rings. The predicted molar refractivity (Wildman–Crippen MR) is 71.7 cm³/mol. The van der Waals surface area contributed by atoms with Crippen molar-refractivity contribution in [3.8, 4) is 0 Å². The number of nitrogens with one attached hydrogen (secondary N) is 1. The molecule has 6 heteroatoms. The minimum Gasteiger partial charge on any atom is -0.343 e. The molecule has 0 aromatic carbocycles. The van der Waals surface area contributed by atoms with Gasteiger partial charge in [0, 0.05) is 4.88 Å². The van der Waals surface area contributed by atoms with Crippen LogP contribution in [0.15, 0.2) is 12.1 Å². The SMILES string of the molecule is CCC1NC(=O)CN(C(C)c2ccc(Cl)s2)C1=O. The Bertz CT molecular complexity index is 474. The Hall–Kier alpha value is -1.07. The zero-order valence-electron chi connectivity index (χ0n) is 10.3. The Morgan fingerprint density at radius 3 is 2.83 bits per heavy atom. The van der Waals surface area contributed by atoms with E-state index in [1.165, 1.54) is 11.3 Å². The molecule has 0 bridgehead atoms. The summed E-state index contributed by atoms with van der Waals surface area (Å²) in [6.45, 7) is 3.93. The molecule has 4 nitrogen and oxygen atoms in total. The van der Waals surface area contributed by atoms with Crippen LogP contribution < -0.4 is 5.32 Å². The lowest BCUT2D eigenvalue weighted by atomic mass is 10.1. The first kappa shape index (κ1) is 13.4. The average molecular weight is 287 g/mol. The maximum absolute atomic E-state index is 12.2. The van der Waals surface area contributed by atoms with Crippen molar-refractivity contribution >= 4 is 34.8 Å². The lowest BCUT2D eigenvalue weighted by Crippen LogP contribution is -2.58. The number of piperazine rings is 1. The molecule has 2 heterocycles. The van der Waals surface area contributed by atoms with Crippen LogP contribution in [0.1, 0.15) is 31.2 Å². The second-order valence-corrected chi connectivity index (χ2v) is 6.06. The Balaban J connectivity index is 2.20. The molecule has 1 saturated heterocycles. The molecule has 1 aromatic rings. The molecule has 2 atom stereocenters. The molecule has 2 unspecified atom stereocenters. The summed E-state index contributed by atoms with van der Waals surface area (Å²) < 4.78 is 0.692. The zero-order chi connectivity index (χ0) is 13.3. The number of nitrogens with zero attached hydrogens (tertiary/aromatic N) is 1. The van der Waals surface area contributed by atoms with Crippen LogP contribution in [0, 0.1) is 0 Å². The fourth-order valence-corrected chi connectivity index (χ4v) is 3.17. The van der Waals surface area contributed by atoms with Gasteiger partial charge in [-0.15, -0.1) is 11.3 Å². The summed E-state index contributed by atoms with van der Waals surface area (Å²) >= 11 is 7.34. The van der Waals surface area contributed by atoms with E-state index in [2.05, 4.69) is 5.32 Å². The molecule has 1 fully saturated rings. The molecular formula is C12H15ClN2O2S. The second-order valence-electron chi connectivity index (χ2n) is 4.31. The van der Waals surface area contributed by atoms with E-state index in [0.717, 1.165) is 4.88 Å². The summed E-state index contributed by atoms with van der Waals surface area (Å²) in [5.41, 5.74) is 0. The van der Waals surface area contributed by atoms with E-state index in [0.29, 0.717) is 10.8 Å². The van der Waals surface area contributed by atoms with Crippen molar-refractivity contribution in [3.63, 3.8) is 0 Å². The van der Waals surface area contributed by atoms with Gasteiger partial charge in [-0.1, -0.05) is 18.5 Å². The van der Waals surface area contributed by atoms with Crippen LogP contribution in [0.5, 0.6) is 0 Å². The first-order chi connectivity index (χ1) is 8.52. The van der Waals surface area contributed by atoms with Crippen LogP contribution >= 0.6 is 22.9 Å². The van der Waals surface area contributed by atoms with Crippen LogP contribution in [0.3, 0.4) is 0 Å². The third kappa shape index (κ3) is 2.52. The largest absolute Gasteiger partial charge is 0.343 e. The van der Waals surface area contributed by atoms with Crippen molar-refractivity contribution in [1.29, 1.82) is 0 Å². The minimum atomic E-state index is -0.399. The lowest BCUT2D eigenvalue weighted by molar-refractivity contribution is -0.146. The number of carbonyl (C=O) groups is 2. The first-order valence-corrected chi connectivity index (χ1v) is 7.07. The molecular weight excluding hydrogens is 272 g/mol. The Morgan fingerprint density at radius 2 is 2.28 bits per heavy atom. The predicted octanol–water partition coefficient (Wildman–Crippen LogP) is 2.20. The highest BCUT2D eigenvalue weighted by molar-refractivity contribution is 7.16.